The Morgan fingerprint density at radius 1 is 1.11 bits per heavy atom. The standard InChI is InChI=1S/C20H31BrN2O3S/c1-23(27(24,25)20-11-5-16(21)6-12-20)18-7-9-19(10-8-18)26-15-13-17-4-2-3-14-22-17/h5-6,11-12,17-19,22H,2-4,7-10,13-15H2,1H3. The molecule has 0 aromatic heterocycles. The average Bonchev–Trinajstić information content (AvgIpc) is 2.69. The second-order valence-corrected chi connectivity index (χ2v) is 10.6. The minimum atomic E-state index is -3.44. The van der Waals surface area contributed by atoms with Crippen LogP contribution < -0.4 is 5.32 Å². The Bertz CT molecular complexity index is 682. The highest BCUT2D eigenvalue weighted by molar-refractivity contribution is 9.10. The van der Waals surface area contributed by atoms with Gasteiger partial charge in [0.2, 0.25) is 10.0 Å². The Kier molecular flexibility index (Phi) is 7.74. The van der Waals surface area contributed by atoms with E-state index in [-0.39, 0.29) is 12.1 Å². The molecule has 1 heterocycles. The fourth-order valence-electron chi connectivity index (χ4n) is 4.09. The third-order valence-corrected chi connectivity index (χ3v) is 8.33. The van der Waals surface area contributed by atoms with Gasteiger partial charge in [0, 0.05) is 30.2 Å². The molecule has 27 heavy (non-hydrogen) atoms. The van der Waals surface area contributed by atoms with E-state index in [9.17, 15) is 8.42 Å². The summed E-state index contributed by atoms with van der Waals surface area (Å²) in [5.74, 6) is 0. The lowest BCUT2D eigenvalue weighted by atomic mass is 9.93. The Morgan fingerprint density at radius 2 is 1.81 bits per heavy atom. The van der Waals surface area contributed by atoms with Crippen molar-refractivity contribution in [3.8, 4) is 0 Å². The van der Waals surface area contributed by atoms with Crippen LogP contribution in [0.2, 0.25) is 0 Å². The van der Waals surface area contributed by atoms with E-state index in [2.05, 4.69) is 21.2 Å². The number of ether oxygens (including phenoxy) is 1. The summed E-state index contributed by atoms with van der Waals surface area (Å²) >= 11 is 3.35. The van der Waals surface area contributed by atoms with Gasteiger partial charge in [0.05, 0.1) is 11.0 Å². The zero-order chi connectivity index (χ0) is 19.3. The van der Waals surface area contributed by atoms with Crippen molar-refractivity contribution in [3.63, 3.8) is 0 Å². The van der Waals surface area contributed by atoms with Crippen LogP contribution >= 0.6 is 15.9 Å². The van der Waals surface area contributed by atoms with E-state index in [1.165, 1.54) is 19.3 Å². The maximum absolute atomic E-state index is 12.8. The lowest BCUT2D eigenvalue weighted by Crippen LogP contribution is -2.41. The first-order valence-electron chi connectivity index (χ1n) is 10.1. The normalized spacial score (nSPS) is 27.0. The van der Waals surface area contributed by atoms with Crippen LogP contribution in [-0.4, -0.2) is 51.1 Å². The number of sulfonamides is 1. The van der Waals surface area contributed by atoms with Crippen molar-refractivity contribution >= 4 is 26.0 Å². The maximum Gasteiger partial charge on any atom is 0.243 e. The first kappa shape index (κ1) is 21.2. The van der Waals surface area contributed by atoms with Crippen LogP contribution in [0.1, 0.15) is 51.4 Å². The third-order valence-electron chi connectivity index (χ3n) is 5.88. The average molecular weight is 459 g/mol. The Hall–Kier alpha value is -0.470. The number of hydrogen-bond donors (Lipinski definition) is 1. The van der Waals surface area contributed by atoms with E-state index in [1.807, 2.05) is 0 Å². The highest BCUT2D eigenvalue weighted by atomic mass is 79.9. The molecule has 1 aliphatic heterocycles. The number of halogens is 1. The van der Waals surface area contributed by atoms with Crippen LogP contribution in [-0.2, 0) is 14.8 Å². The van der Waals surface area contributed by atoms with Gasteiger partial charge in [0.15, 0.2) is 0 Å². The number of rotatable bonds is 7. The topological polar surface area (TPSA) is 58.6 Å². The quantitative estimate of drug-likeness (QED) is 0.672. The van der Waals surface area contributed by atoms with E-state index < -0.39 is 10.0 Å². The molecule has 2 aliphatic rings. The summed E-state index contributed by atoms with van der Waals surface area (Å²) in [6.07, 6.45) is 8.81. The molecular formula is C20H31BrN2O3S. The van der Waals surface area contributed by atoms with Gasteiger partial charge in [-0.15, -0.1) is 0 Å². The second-order valence-electron chi connectivity index (χ2n) is 7.71. The molecule has 1 aromatic carbocycles. The fourth-order valence-corrected chi connectivity index (χ4v) is 5.77. The number of benzene rings is 1. The van der Waals surface area contributed by atoms with Crippen molar-refractivity contribution < 1.29 is 13.2 Å². The summed E-state index contributed by atoms with van der Waals surface area (Å²) in [7, 11) is -1.73. The highest BCUT2D eigenvalue weighted by Crippen LogP contribution is 2.29. The smallest absolute Gasteiger partial charge is 0.243 e. The summed E-state index contributed by atoms with van der Waals surface area (Å²) in [6.45, 7) is 1.94. The largest absolute Gasteiger partial charge is 0.378 e. The monoisotopic (exact) mass is 458 g/mol. The van der Waals surface area contributed by atoms with Crippen molar-refractivity contribution in [2.24, 2.45) is 0 Å². The molecule has 1 aliphatic carbocycles. The summed E-state index contributed by atoms with van der Waals surface area (Å²) in [5.41, 5.74) is 0. The first-order chi connectivity index (χ1) is 13.0. The van der Waals surface area contributed by atoms with E-state index >= 15 is 0 Å². The number of hydrogen-bond acceptors (Lipinski definition) is 4. The van der Waals surface area contributed by atoms with Crippen LogP contribution in [0.15, 0.2) is 33.6 Å². The lowest BCUT2D eigenvalue weighted by molar-refractivity contribution is 0.0124. The van der Waals surface area contributed by atoms with E-state index in [4.69, 9.17) is 4.74 Å². The van der Waals surface area contributed by atoms with Crippen LogP contribution in [0.5, 0.6) is 0 Å². The molecule has 1 aromatic rings. The molecule has 1 N–H and O–H groups in total. The van der Waals surface area contributed by atoms with E-state index in [1.54, 1.807) is 35.6 Å². The predicted molar refractivity (Wildman–Crippen MR) is 111 cm³/mol. The van der Waals surface area contributed by atoms with Gasteiger partial charge in [0.25, 0.3) is 0 Å². The Labute approximate surface area is 172 Å². The molecule has 5 nitrogen and oxygen atoms in total. The van der Waals surface area contributed by atoms with Gasteiger partial charge in [0.1, 0.15) is 0 Å². The third kappa shape index (κ3) is 5.76. The van der Waals surface area contributed by atoms with Gasteiger partial charge in [-0.05, 0) is 75.8 Å². The minimum Gasteiger partial charge on any atom is -0.378 e. The van der Waals surface area contributed by atoms with E-state index in [0.717, 1.165) is 49.7 Å². The van der Waals surface area contributed by atoms with Crippen LogP contribution in [0.3, 0.4) is 0 Å². The van der Waals surface area contributed by atoms with Crippen molar-refractivity contribution in [1.29, 1.82) is 0 Å². The molecule has 1 saturated carbocycles. The molecule has 1 unspecified atom stereocenters. The molecule has 2 fully saturated rings. The predicted octanol–water partition coefficient (Wildman–Crippen LogP) is 3.93. The van der Waals surface area contributed by atoms with Crippen molar-refractivity contribution in [2.75, 3.05) is 20.2 Å². The van der Waals surface area contributed by atoms with E-state index in [0.29, 0.717) is 10.9 Å². The molecule has 1 saturated heterocycles. The van der Waals surface area contributed by atoms with Crippen molar-refractivity contribution in [2.45, 2.75) is 74.4 Å². The summed E-state index contributed by atoms with van der Waals surface area (Å²) in [6, 6.07) is 7.52. The minimum absolute atomic E-state index is 0.0542. The van der Waals surface area contributed by atoms with Crippen LogP contribution in [0.25, 0.3) is 0 Å². The van der Waals surface area contributed by atoms with Crippen LogP contribution in [0, 0.1) is 0 Å². The number of nitrogens with zero attached hydrogens (tertiary/aromatic N) is 1. The zero-order valence-corrected chi connectivity index (χ0v) is 18.5. The lowest BCUT2D eigenvalue weighted by Gasteiger charge is -2.34. The molecular weight excluding hydrogens is 428 g/mol. The zero-order valence-electron chi connectivity index (χ0n) is 16.1. The first-order valence-corrected chi connectivity index (χ1v) is 12.3. The van der Waals surface area contributed by atoms with Crippen molar-refractivity contribution in [3.05, 3.63) is 28.7 Å². The molecule has 152 valence electrons. The maximum atomic E-state index is 12.8. The summed E-state index contributed by atoms with van der Waals surface area (Å²) in [4.78, 5) is 0.353. The van der Waals surface area contributed by atoms with Gasteiger partial charge in [-0.2, -0.15) is 4.31 Å². The highest BCUT2D eigenvalue weighted by Gasteiger charge is 2.31. The van der Waals surface area contributed by atoms with Crippen LogP contribution in [0.4, 0.5) is 0 Å². The Morgan fingerprint density at radius 3 is 2.44 bits per heavy atom. The molecule has 7 heteroatoms. The summed E-state index contributed by atoms with van der Waals surface area (Å²) in [5, 5.41) is 3.56. The molecule has 3 rings (SSSR count). The van der Waals surface area contributed by atoms with Gasteiger partial charge in [-0.25, -0.2) is 8.42 Å². The summed E-state index contributed by atoms with van der Waals surface area (Å²) < 4.78 is 34.2. The van der Waals surface area contributed by atoms with Gasteiger partial charge >= 0.3 is 0 Å². The number of nitrogens with one attached hydrogen (secondary N) is 1. The molecule has 0 amide bonds. The van der Waals surface area contributed by atoms with Gasteiger partial charge < -0.3 is 10.1 Å². The second kappa shape index (κ2) is 9.83. The molecule has 0 spiro atoms. The Balaban J connectivity index is 1.44. The fraction of sp³-hybridized carbons (Fsp3) is 0.700. The van der Waals surface area contributed by atoms with Gasteiger partial charge in [-0.3, -0.25) is 0 Å². The SMILES string of the molecule is CN(C1CCC(OCCC2CCCCN2)CC1)S(=O)(=O)c1ccc(Br)cc1. The molecule has 0 radical (unpaired) electrons. The van der Waals surface area contributed by atoms with Gasteiger partial charge in [-0.1, -0.05) is 22.4 Å². The number of piperidine rings is 1. The van der Waals surface area contributed by atoms with Crippen molar-refractivity contribution in [1.82, 2.24) is 9.62 Å². The molecule has 1 atom stereocenters. The molecule has 0 bridgehead atoms.